The third-order valence-electron chi connectivity index (χ3n) is 3.97. The van der Waals surface area contributed by atoms with Crippen LogP contribution in [-0.2, 0) is 0 Å². The van der Waals surface area contributed by atoms with E-state index in [2.05, 4.69) is 11.4 Å². The summed E-state index contributed by atoms with van der Waals surface area (Å²) in [6, 6.07) is 21.2. The Kier molecular flexibility index (Phi) is 4.96. The quantitative estimate of drug-likeness (QED) is 0.537. The smallest absolute Gasteiger partial charge is 0.159 e. The number of nitriles is 1. The third-order valence-corrected chi connectivity index (χ3v) is 3.97. The van der Waals surface area contributed by atoms with Crippen LogP contribution in [-0.4, -0.2) is 18.9 Å². The van der Waals surface area contributed by atoms with Gasteiger partial charge in [-0.15, -0.1) is 0 Å². The molecule has 0 heterocycles. The molecule has 0 radical (unpaired) electrons. The summed E-state index contributed by atoms with van der Waals surface area (Å²) >= 11 is 0. The summed E-state index contributed by atoms with van der Waals surface area (Å²) in [6.07, 6.45) is 0. The Balaban J connectivity index is 1.66. The lowest BCUT2D eigenvalue weighted by Gasteiger charge is -2.12. The average Bonchev–Trinajstić information content (AvgIpc) is 2.65. The first-order valence-electron chi connectivity index (χ1n) is 8.08. The molecule has 3 aromatic carbocycles. The van der Waals surface area contributed by atoms with Gasteiger partial charge in [0.15, 0.2) is 5.78 Å². The van der Waals surface area contributed by atoms with Crippen molar-refractivity contribution in [2.45, 2.75) is 6.92 Å². The maximum atomic E-state index is 11.5. The van der Waals surface area contributed by atoms with Gasteiger partial charge in [0.05, 0.1) is 11.3 Å². The van der Waals surface area contributed by atoms with Crippen molar-refractivity contribution >= 4 is 22.2 Å². The number of rotatable bonds is 6. The number of nitrogens with zero attached hydrogens (tertiary/aromatic N) is 1. The van der Waals surface area contributed by atoms with E-state index in [-0.39, 0.29) is 5.78 Å². The molecule has 0 unspecified atom stereocenters. The highest BCUT2D eigenvalue weighted by atomic mass is 16.5. The first-order valence-corrected chi connectivity index (χ1v) is 8.08. The second-order valence-electron chi connectivity index (χ2n) is 5.68. The lowest BCUT2D eigenvalue weighted by atomic mass is 10.1. The van der Waals surface area contributed by atoms with Crippen LogP contribution < -0.4 is 10.1 Å². The molecule has 0 aliphatic carbocycles. The number of carbonyl (C=O) groups excluding carboxylic acids is 1. The maximum absolute atomic E-state index is 11.5. The number of carbonyl (C=O) groups is 1. The summed E-state index contributed by atoms with van der Waals surface area (Å²) in [6.45, 7) is 2.48. The summed E-state index contributed by atoms with van der Waals surface area (Å²) in [7, 11) is 0. The van der Waals surface area contributed by atoms with E-state index >= 15 is 0 Å². The molecule has 0 aromatic heterocycles. The molecule has 124 valence electrons. The molecule has 4 heteroatoms. The van der Waals surface area contributed by atoms with Crippen LogP contribution in [0.3, 0.4) is 0 Å². The van der Waals surface area contributed by atoms with Crippen molar-refractivity contribution in [1.29, 1.82) is 5.26 Å². The van der Waals surface area contributed by atoms with Gasteiger partial charge in [0, 0.05) is 17.5 Å². The maximum Gasteiger partial charge on any atom is 0.159 e. The Morgan fingerprint density at radius 1 is 1.12 bits per heavy atom. The molecule has 0 bridgehead atoms. The van der Waals surface area contributed by atoms with Crippen molar-refractivity contribution in [3.8, 4) is 11.8 Å². The lowest BCUT2D eigenvalue weighted by Crippen LogP contribution is -2.13. The third kappa shape index (κ3) is 3.78. The molecule has 0 spiro atoms. The van der Waals surface area contributed by atoms with Crippen LogP contribution in [0, 0.1) is 11.3 Å². The van der Waals surface area contributed by atoms with Gasteiger partial charge in [-0.1, -0.05) is 36.4 Å². The first kappa shape index (κ1) is 16.5. The predicted octanol–water partition coefficient (Wildman–Crippen LogP) is 4.40. The summed E-state index contributed by atoms with van der Waals surface area (Å²) in [5.41, 5.74) is 1.74. The molecular weight excluding hydrogens is 312 g/mol. The molecular formula is C21H18N2O2. The summed E-state index contributed by atoms with van der Waals surface area (Å²) in [5, 5.41) is 14.6. The van der Waals surface area contributed by atoms with Gasteiger partial charge in [0.25, 0.3) is 0 Å². The number of anilines is 1. The van der Waals surface area contributed by atoms with Crippen molar-refractivity contribution in [2.24, 2.45) is 0 Å². The van der Waals surface area contributed by atoms with E-state index in [1.165, 1.54) is 6.92 Å². The normalized spacial score (nSPS) is 10.2. The topological polar surface area (TPSA) is 62.1 Å². The van der Waals surface area contributed by atoms with Gasteiger partial charge in [-0.25, -0.2) is 0 Å². The molecule has 3 aromatic rings. The van der Waals surface area contributed by atoms with Crippen molar-refractivity contribution in [3.05, 3.63) is 71.8 Å². The van der Waals surface area contributed by atoms with Gasteiger partial charge in [-0.05, 0) is 36.6 Å². The Hall–Kier alpha value is -3.32. The van der Waals surface area contributed by atoms with Gasteiger partial charge in [-0.2, -0.15) is 5.26 Å². The number of fused-ring (bicyclic) bond motifs is 1. The number of nitrogens with one attached hydrogen (secondary N) is 1. The fraction of sp³-hybridized carbons (Fsp3) is 0.143. The zero-order chi connectivity index (χ0) is 17.6. The Morgan fingerprint density at radius 3 is 2.72 bits per heavy atom. The Morgan fingerprint density at radius 2 is 1.92 bits per heavy atom. The van der Waals surface area contributed by atoms with Crippen LogP contribution in [0.1, 0.15) is 22.8 Å². The molecule has 0 saturated carbocycles. The van der Waals surface area contributed by atoms with Crippen LogP contribution >= 0.6 is 0 Å². The first-order chi connectivity index (χ1) is 12.2. The highest BCUT2D eigenvalue weighted by Crippen LogP contribution is 2.25. The van der Waals surface area contributed by atoms with E-state index in [1.807, 2.05) is 42.5 Å². The van der Waals surface area contributed by atoms with Crippen molar-refractivity contribution in [3.63, 3.8) is 0 Å². The largest absolute Gasteiger partial charge is 0.491 e. The minimum Gasteiger partial charge on any atom is -0.491 e. The summed E-state index contributed by atoms with van der Waals surface area (Å²) < 4.78 is 5.88. The zero-order valence-corrected chi connectivity index (χ0v) is 14.0. The molecule has 25 heavy (non-hydrogen) atoms. The van der Waals surface area contributed by atoms with E-state index in [1.54, 1.807) is 18.2 Å². The summed E-state index contributed by atoms with van der Waals surface area (Å²) in [5.74, 6) is 0.803. The van der Waals surface area contributed by atoms with Gasteiger partial charge in [0.2, 0.25) is 0 Å². The number of ether oxygens (including phenoxy) is 1. The second-order valence-corrected chi connectivity index (χ2v) is 5.68. The zero-order valence-electron chi connectivity index (χ0n) is 14.0. The predicted molar refractivity (Wildman–Crippen MR) is 99.1 cm³/mol. The van der Waals surface area contributed by atoms with Crippen LogP contribution in [0.2, 0.25) is 0 Å². The van der Waals surface area contributed by atoms with E-state index in [4.69, 9.17) is 4.74 Å². The molecule has 0 aliphatic rings. The van der Waals surface area contributed by atoms with Crippen LogP contribution in [0.25, 0.3) is 10.8 Å². The molecule has 0 fully saturated rings. The summed E-state index contributed by atoms with van der Waals surface area (Å²) in [4.78, 5) is 11.5. The Labute approximate surface area is 146 Å². The van der Waals surface area contributed by atoms with E-state index < -0.39 is 0 Å². The highest BCUT2D eigenvalue weighted by molar-refractivity contribution is 5.95. The standard InChI is InChI=1S/C21H18N2O2/c1-15(24)17-9-10-18(14-22)20(13-17)23-11-12-25-21-8-4-6-16-5-2-3-7-19(16)21/h2-10,13,23H,11-12H2,1H3. The SMILES string of the molecule is CC(=O)c1ccc(C#N)c(NCCOc2cccc3ccccc23)c1. The number of hydrogen-bond donors (Lipinski definition) is 1. The second kappa shape index (κ2) is 7.50. The molecule has 3 rings (SSSR count). The van der Waals surface area contributed by atoms with Crippen molar-refractivity contribution in [1.82, 2.24) is 0 Å². The number of hydrogen-bond acceptors (Lipinski definition) is 4. The van der Waals surface area contributed by atoms with Crippen LogP contribution in [0.15, 0.2) is 60.7 Å². The fourth-order valence-corrected chi connectivity index (χ4v) is 2.68. The number of Topliss-reactive ketones (excluding diaryl/α,β-unsaturated/α-hetero) is 1. The monoisotopic (exact) mass is 330 g/mol. The van der Waals surface area contributed by atoms with Crippen LogP contribution in [0.5, 0.6) is 5.75 Å². The van der Waals surface area contributed by atoms with Crippen molar-refractivity contribution in [2.75, 3.05) is 18.5 Å². The van der Waals surface area contributed by atoms with Crippen molar-refractivity contribution < 1.29 is 9.53 Å². The lowest BCUT2D eigenvalue weighted by molar-refractivity contribution is 0.101. The molecule has 1 N–H and O–H groups in total. The van der Waals surface area contributed by atoms with Gasteiger partial charge in [0.1, 0.15) is 18.4 Å². The van der Waals surface area contributed by atoms with E-state index in [0.717, 1.165) is 16.5 Å². The fourth-order valence-electron chi connectivity index (χ4n) is 2.68. The average molecular weight is 330 g/mol. The van der Waals surface area contributed by atoms with Gasteiger partial charge >= 0.3 is 0 Å². The number of ketones is 1. The molecule has 0 saturated heterocycles. The van der Waals surface area contributed by atoms with Gasteiger partial charge in [-0.3, -0.25) is 4.79 Å². The minimum absolute atomic E-state index is 0.0282. The minimum atomic E-state index is -0.0282. The van der Waals surface area contributed by atoms with E-state index in [9.17, 15) is 10.1 Å². The van der Waals surface area contributed by atoms with Crippen LogP contribution in [0.4, 0.5) is 5.69 Å². The number of benzene rings is 3. The van der Waals surface area contributed by atoms with Gasteiger partial charge < -0.3 is 10.1 Å². The Bertz CT molecular complexity index is 952. The highest BCUT2D eigenvalue weighted by Gasteiger charge is 2.06. The molecule has 0 amide bonds. The molecule has 4 nitrogen and oxygen atoms in total. The van der Waals surface area contributed by atoms with E-state index in [0.29, 0.717) is 30.0 Å². The molecule has 0 atom stereocenters. The molecule has 0 aliphatic heterocycles.